The number of amides is 1. The van der Waals surface area contributed by atoms with Crippen LogP contribution in [0, 0.1) is 0 Å². The Hall–Kier alpha value is -1.55. The second kappa shape index (κ2) is 8.70. The number of benzene rings is 1. The van der Waals surface area contributed by atoms with E-state index in [0.29, 0.717) is 12.1 Å². The smallest absolute Gasteiger partial charge is 0.410 e. The molecule has 0 aromatic heterocycles. The Kier molecular flexibility index (Phi) is 6.88. The molecule has 1 fully saturated rings. The number of nitrogens with zero attached hydrogens (tertiary/aromatic N) is 1. The molecule has 1 aromatic carbocycles. The average Bonchev–Trinajstić information content (AvgIpc) is 2.54. The molecule has 3 atom stereocenters. The molecule has 1 heterocycles. The molecule has 25 heavy (non-hydrogen) atoms. The highest BCUT2D eigenvalue weighted by Crippen LogP contribution is 2.21. The zero-order valence-electron chi connectivity index (χ0n) is 16.4. The number of carbonyl (C=O) groups excluding carboxylic acids is 1. The lowest BCUT2D eigenvalue weighted by molar-refractivity contribution is 0.00638. The molecule has 0 aliphatic carbocycles. The summed E-state index contributed by atoms with van der Waals surface area (Å²) >= 11 is 0. The largest absolute Gasteiger partial charge is 0.444 e. The first-order valence-corrected chi connectivity index (χ1v) is 9.56. The maximum atomic E-state index is 12.4. The second-order valence-electron chi connectivity index (χ2n) is 8.26. The van der Waals surface area contributed by atoms with Gasteiger partial charge in [0.15, 0.2) is 0 Å². The van der Waals surface area contributed by atoms with Gasteiger partial charge in [-0.3, -0.25) is 0 Å². The van der Waals surface area contributed by atoms with Crippen molar-refractivity contribution in [2.24, 2.45) is 0 Å². The summed E-state index contributed by atoms with van der Waals surface area (Å²) in [5, 5.41) is 3.74. The Morgan fingerprint density at radius 3 is 2.64 bits per heavy atom. The van der Waals surface area contributed by atoms with Crippen LogP contribution in [0.3, 0.4) is 0 Å². The van der Waals surface area contributed by atoms with E-state index in [1.807, 2.05) is 25.7 Å². The van der Waals surface area contributed by atoms with Crippen LogP contribution < -0.4 is 5.32 Å². The van der Waals surface area contributed by atoms with Crippen molar-refractivity contribution >= 4 is 6.09 Å². The van der Waals surface area contributed by atoms with Crippen molar-refractivity contribution in [2.45, 2.75) is 84.0 Å². The fraction of sp³-hybridized carbons (Fsp3) is 0.667. The first kappa shape index (κ1) is 19.8. The molecule has 1 amide bonds. The third kappa shape index (κ3) is 6.35. The van der Waals surface area contributed by atoms with E-state index in [1.165, 1.54) is 5.56 Å². The predicted octanol–water partition coefficient (Wildman–Crippen LogP) is 4.39. The van der Waals surface area contributed by atoms with E-state index in [9.17, 15) is 4.79 Å². The number of likely N-dealkylation sites (tertiary alicyclic amines) is 1. The van der Waals surface area contributed by atoms with Crippen LogP contribution >= 0.6 is 0 Å². The van der Waals surface area contributed by atoms with Crippen molar-refractivity contribution in [1.82, 2.24) is 10.2 Å². The SMILES string of the molecule is CC(CCc1ccccc1)NC1CCCN(C(=O)OC(C)(C)C)C1C. The first-order chi connectivity index (χ1) is 11.8. The quantitative estimate of drug-likeness (QED) is 0.860. The van der Waals surface area contributed by atoms with Gasteiger partial charge < -0.3 is 15.0 Å². The number of aryl methyl sites for hydroxylation is 1. The van der Waals surface area contributed by atoms with E-state index in [2.05, 4.69) is 49.5 Å². The minimum Gasteiger partial charge on any atom is -0.444 e. The van der Waals surface area contributed by atoms with Gasteiger partial charge in [-0.2, -0.15) is 0 Å². The number of rotatable bonds is 5. The van der Waals surface area contributed by atoms with Crippen LogP contribution in [0.1, 0.15) is 59.4 Å². The van der Waals surface area contributed by atoms with E-state index in [0.717, 1.165) is 32.2 Å². The van der Waals surface area contributed by atoms with E-state index >= 15 is 0 Å². The van der Waals surface area contributed by atoms with Crippen LogP contribution in [0.15, 0.2) is 30.3 Å². The average molecular weight is 347 g/mol. The summed E-state index contributed by atoms with van der Waals surface area (Å²) in [6.45, 7) is 10.9. The van der Waals surface area contributed by atoms with Crippen molar-refractivity contribution in [3.8, 4) is 0 Å². The Labute approximate surface area is 152 Å². The second-order valence-corrected chi connectivity index (χ2v) is 8.26. The van der Waals surface area contributed by atoms with Crippen molar-refractivity contribution in [3.63, 3.8) is 0 Å². The standard InChI is InChI=1S/C21H34N2O2/c1-16(13-14-18-10-7-6-8-11-18)22-19-12-9-15-23(17(19)2)20(24)25-21(3,4)5/h6-8,10-11,16-17,19,22H,9,12-15H2,1-5H3. The topological polar surface area (TPSA) is 41.6 Å². The number of hydrogen-bond acceptors (Lipinski definition) is 3. The summed E-state index contributed by atoms with van der Waals surface area (Å²) in [5.74, 6) is 0. The van der Waals surface area contributed by atoms with Gasteiger partial charge in [0.25, 0.3) is 0 Å². The Morgan fingerprint density at radius 2 is 2.00 bits per heavy atom. The summed E-state index contributed by atoms with van der Waals surface area (Å²) in [6, 6.07) is 11.5. The number of hydrogen-bond donors (Lipinski definition) is 1. The molecule has 0 saturated carbocycles. The maximum absolute atomic E-state index is 12.4. The summed E-state index contributed by atoms with van der Waals surface area (Å²) in [5.41, 5.74) is 0.934. The third-order valence-corrected chi connectivity index (χ3v) is 4.82. The third-order valence-electron chi connectivity index (χ3n) is 4.82. The van der Waals surface area contributed by atoms with Crippen LogP contribution in [0.2, 0.25) is 0 Å². The van der Waals surface area contributed by atoms with Gasteiger partial charge in [0.1, 0.15) is 5.60 Å². The summed E-state index contributed by atoms with van der Waals surface area (Å²) in [4.78, 5) is 14.3. The van der Waals surface area contributed by atoms with Gasteiger partial charge in [0.05, 0.1) is 0 Å². The zero-order valence-corrected chi connectivity index (χ0v) is 16.4. The first-order valence-electron chi connectivity index (χ1n) is 9.56. The Balaban J connectivity index is 1.85. The van der Waals surface area contributed by atoms with Gasteiger partial charge in [0, 0.05) is 24.7 Å². The Bertz CT molecular complexity index is 539. The number of piperidine rings is 1. The van der Waals surface area contributed by atoms with E-state index in [-0.39, 0.29) is 12.1 Å². The molecule has 2 rings (SSSR count). The lowest BCUT2D eigenvalue weighted by Gasteiger charge is -2.41. The minimum absolute atomic E-state index is 0.155. The summed E-state index contributed by atoms with van der Waals surface area (Å²) < 4.78 is 5.57. The molecule has 4 nitrogen and oxygen atoms in total. The highest BCUT2D eigenvalue weighted by Gasteiger charge is 2.34. The van der Waals surface area contributed by atoms with Crippen LogP contribution in [-0.2, 0) is 11.2 Å². The molecule has 140 valence electrons. The van der Waals surface area contributed by atoms with Crippen LogP contribution in [0.4, 0.5) is 4.79 Å². The fourth-order valence-corrected chi connectivity index (χ4v) is 3.42. The molecule has 1 N–H and O–H groups in total. The maximum Gasteiger partial charge on any atom is 0.410 e. The van der Waals surface area contributed by atoms with Gasteiger partial charge >= 0.3 is 6.09 Å². The zero-order chi connectivity index (χ0) is 18.4. The normalized spacial score (nSPS) is 22.5. The van der Waals surface area contributed by atoms with Gasteiger partial charge in [-0.05, 0) is 65.9 Å². The lowest BCUT2D eigenvalue weighted by atomic mass is 9.96. The van der Waals surface area contributed by atoms with Gasteiger partial charge in [0.2, 0.25) is 0 Å². The molecule has 1 aliphatic heterocycles. The summed E-state index contributed by atoms with van der Waals surface area (Å²) in [7, 11) is 0. The van der Waals surface area contributed by atoms with Gasteiger partial charge in [-0.15, -0.1) is 0 Å². The predicted molar refractivity (Wildman–Crippen MR) is 103 cm³/mol. The van der Waals surface area contributed by atoms with Crippen molar-refractivity contribution in [3.05, 3.63) is 35.9 Å². The van der Waals surface area contributed by atoms with E-state index in [4.69, 9.17) is 4.74 Å². The van der Waals surface area contributed by atoms with E-state index in [1.54, 1.807) is 0 Å². The van der Waals surface area contributed by atoms with Gasteiger partial charge in [-0.25, -0.2) is 4.79 Å². The minimum atomic E-state index is -0.444. The Morgan fingerprint density at radius 1 is 1.32 bits per heavy atom. The summed E-state index contributed by atoms with van der Waals surface area (Å²) in [6.07, 6.45) is 4.11. The lowest BCUT2D eigenvalue weighted by Crippen LogP contribution is -2.56. The van der Waals surface area contributed by atoms with Crippen molar-refractivity contribution in [2.75, 3.05) is 6.54 Å². The number of nitrogens with one attached hydrogen (secondary N) is 1. The van der Waals surface area contributed by atoms with Gasteiger partial charge in [-0.1, -0.05) is 30.3 Å². The molecule has 0 spiro atoms. The van der Waals surface area contributed by atoms with Crippen molar-refractivity contribution < 1.29 is 9.53 Å². The highest BCUT2D eigenvalue weighted by atomic mass is 16.6. The van der Waals surface area contributed by atoms with E-state index < -0.39 is 5.60 Å². The monoisotopic (exact) mass is 346 g/mol. The molecule has 4 heteroatoms. The molecule has 0 bridgehead atoms. The highest BCUT2D eigenvalue weighted by molar-refractivity contribution is 5.68. The molecular formula is C21H34N2O2. The number of carbonyl (C=O) groups is 1. The number of ether oxygens (including phenoxy) is 1. The van der Waals surface area contributed by atoms with Crippen LogP contribution in [-0.4, -0.2) is 41.3 Å². The molecule has 0 radical (unpaired) electrons. The fourth-order valence-electron chi connectivity index (χ4n) is 3.42. The molecule has 1 aliphatic rings. The molecule has 3 unspecified atom stereocenters. The molecule has 1 aromatic rings. The van der Waals surface area contributed by atoms with Crippen molar-refractivity contribution in [1.29, 1.82) is 0 Å². The molecule has 1 saturated heterocycles. The van der Waals surface area contributed by atoms with Crippen LogP contribution in [0.25, 0.3) is 0 Å². The molecular weight excluding hydrogens is 312 g/mol. The van der Waals surface area contributed by atoms with Crippen LogP contribution in [0.5, 0.6) is 0 Å².